The highest BCUT2D eigenvalue weighted by Gasteiger charge is 2.26. The van der Waals surface area contributed by atoms with Gasteiger partial charge >= 0.3 is 5.97 Å². The van der Waals surface area contributed by atoms with Crippen LogP contribution in [-0.2, 0) is 16.1 Å². The maximum Gasteiger partial charge on any atom is 0.309 e. The molecule has 6 heteroatoms. The molecule has 0 aromatic carbocycles. The van der Waals surface area contributed by atoms with Crippen molar-refractivity contribution in [2.75, 3.05) is 26.0 Å². The minimum absolute atomic E-state index is 0.0342. The summed E-state index contributed by atoms with van der Waals surface area (Å²) in [5.41, 5.74) is 1.59. The van der Waals surface area contributed by atoms with Crippen molar-refractivity contribution in [2.45, 2.75) is 31.3 Å². The molecule has 1 aromatic heterocycles. The fourth-order valence-electron chi connectivity index (χ4n) is 2.62. The molecule has 0 aliphatic carbocycles. The molecule has 0 amide bonds. The molecule has 0 saturated carbocycles. The average Bonchev–Trinajstić information content (AvgIpc) is 2.55. The van der Waals surface area contributed by atoms with Gasteiger partial charge in [-0.25, -0.2) is 4.98 Å². The van der Waals surface area contributed by atoms with Gasteiger partial charge in [-0.2, -0.15) is 5.26 Å². The van der Waals surface area contributed by atoms with E-state index in [4.69, 9.17) is 10.00 Å². The Hall–Kier alpha value is -1.58. The molecule has 0 atom stereocenters. The first-order valence-corrected chi connectivity index (χ1v) is 8.73. The van der Waals surface area contributed by atoms with Crippen molar-refractivity contribution in [1.82, 2.24) is 9.88 Å². The van der Waals surface area contributed by atoms with Gasteiger partial charge in [0.05, 0.1) is 23.8 Å². The Bertz CT molecular complexity index is 563. The van der Waals surface area contributed by atoms with E-state index >= 15 is 0 Å². The molecule has 2 heterocycles. The third-order valence-electron chi connectivity index (χ3n) is 3.82. The van der Waals surface area contributed by atoms with Crippen LogP contribution in [0.15, 0.2) is 17.2 Å². The quantitative estimate of drug-likeness (QED) is 0.613. The third kappa shape index (κ3) is 4.21. The zero-order valence-electron chi connectivity index (χ0n) is 13.0. The fraction of sp³-hybridized carbons (Fsp3) is 0.562. The van der Waals surface area contributed by atoms with Gasteiger partial charge < -0.3 is 4.74 Å². The summed E-state index contributed by atoms with van der Waals surface area (Å²) in [5.74, 6) is -0.0322. The summed E-state index contributed by atoms with van der Waals surface area (Å²) < 4.78 is 5.09. The maximum atomic E-state index is 11.7. The molecule has 1 aliphatic heterocycles. The number of pyridine rings is 1. The second-order valence-electron chi connectivity index (χ2n) is 5.27. The number of piperidine rings is 1. The predicted molar refractivity (Wildman–Crippen MR) is 85.4 cm³/mol. The van der Waals surface area contributed by atoms with E-state index in [9.17, 15) is 4.79 Å². The largest absolute Gasteiger partial charge is 0.466 e. The zero-order chi connectivity index (χ0) is 15.9. The van der Waals surface area contributed by atoms with Crippen LogP contribution in [0.3, 0.4) is 0 Å². The Morgan fingerprint density at radius 3 is 2.82 bits per heavy atom. The number of likely N-dealkylation sites (tertiary alicyclic amines) is 1. The molecule has 1 aliphatic rings. The molecular weight excluding hydrogens is 298 g/mol. The van der Waals surface area contributed by atoms with Crippen LogP contribution in [0.5, 0.6) is 0 Å². The summed E-state index contributed by atoms with van der Waals surface area (Å²) in [4.78, 5) is 18.6. The molecule has 1 saturated heterocycles. The van der Waals surface area contributed by atoms with Crippen LogP contribution in [0.2, 0.25) is 0 Å². The van der Waals surface area contributed by atoms with Gasteiger partial charge in [-0.1, -0.05) is 0 Å². The van der Waals surface area contributed by atoms with Gasteiger partial charge in [-0.15, -0.1) is 11.8 Å². The molecule has 0 bridgehead atoms. The zero-order valence-corrected chi connectivity index (χ0v) is 13.9. The minimum Gasteiger partial charge on any atom is -0.466 e. The number of ether oxygens (including phenoxy) is 1. The van der Waals surface area contributed by atoms with Gasteiger partial charge in [-0.3, -0.25) is 9.69 Å². The number of hydrogen-bond donors (Lipinski definition) is 0. The Balaban J connectivity index is 1.91. The predicted octanol–water partition coefficient (Wildman–Crippen LogP) is 2.45. The van der Waals surface area contributed by atoms with E-state index in [2.05, 4.69) is 16.0 Å². The van der Waals surface area contributed by atoms with Crippen LogP contribution >= 0.6 is 11.8 Å². The molecule has 118 valence electrons. The van der Waals surface area contributed by atoms with Gasteiger partial charge in [-0.05, 0) is 51.2 Å². The maximum absolute atomic E-state index is 11.7. The summed E-state index contributed by atoms with van der Waals surface area (Å²) in [5, 5.41) is 9.81. The first-order chi connectivity index (χ1) is 10.7. The Morgan fingerprint density at radius 1 is 1.50 bits per heavy atom. The molecular formula is C16H21N3O2S. The highest BCUT2D eigenvalue weighted by atomic mass is 32.2. The topological polar surface area (TPSA) is 66.2 Å². The van der Waals surface area contributed by atoms with E-state index in [0.717, 1.165) is 43.2 Å². The van der Waals surface area contributed by atoms with Crippen molar-refractivity contribution in [3.63, 3.8) is 0 Å². The van der Waals surface area contributed by atoms with Gasteiger partial charge in [0.2, 0.25) is 0 Å². The first-order valence-electron chi connectivity index (χ1n) is 7.51. The number of carbonyl (C=O) groups excluding carboxylic acids is 1. The van der Waals surface area contributed by atoms with Gasteiger partial charge in [0.15, 0.2) is 0 Å². The molecule has 2 rings (SSSR count). The molecule has 1 aromatic rings. The first kappa shape index (κ1) is 16.8. The Kier molecular flexibility index (Phi) is 6.22. The normalized spacial score (nSPS) is 16.2. The number of carbonyl (C=O) groups is 1. The van der Waals surface area contributed by atoms with Crippen molar-refractivity contribution >= 4 is 17.7 Å². The van der Waals surface area contributed by atoms with Gasteiger partial charge in [0.25, 0.3) is 0 Å². The van der Waals surface area contributed by atoms with Crippen molar-refractivity contribution in [1.29, 1.82) is 5.26 Å². The van der Waals surface area contributed by atoms with Crippen molar-refractivity contribution in [3.05, 3.63) is 23.4 Å². The highest BCUT2D eigenvalue weighted by molar-refractivity contribution is 7.98. The lowest BCUT2D eigenvalue weighted by Gasteiger charge is -2.30. The van der Waals surface area contributed by atoms with Crippen LogP contribution in [0, 0.1) is 17.2 Å². The molecule has 0 N–H and O–H groups in total. The number of hydrogen-bond acceptors (Lipinski definition) is 6. The lowest BCUT2D eigenvalue weighted by molar-refractivity contribution is -0.149. The van der Waals surface area contributed by atoms with Crippen LogP contribution in [0.1, 0.15) is 31.0 Å². The smallest absolute Gasteiger partial charge is 0.309 e. The van der Waals surface area contributed by atoms with E-state index in [1.165, 1.54) is 11.8 Å². The van der Waals surface area contributed by atoms with E-state index in [1.807, 2.05) is 25.3 Å². The Morgan fingerprint density at radius 2 is 2.23 bits per heavy atom. The molecule has 5 nitrogen and oxygen atoms in total. The summed E-state index contributed by atoms with van der Waals surface area (Å²) in [7, 11) is 0. The number of nitrogens with zero attached hydrogens (tertiary/aromatic N) is 3. The second-order valence-corrected chi connectivity index (χ2v) is 6.07. The van der Waals surface area contributed by atoms with Crippen molar-refractivity contribution in [2.24, 2.45) is 5.92 Å². The molecule has 0 unspecified atom stereocenters. The number of thioether (sulfide) groups is 1. The number of nitriles is 1. The lowest BCUT2D eigenvalue weighted by Crippen LogP contribution is -2.36. The molecule has 1 fully saturated rings. The summed E-state index contributed by atoms with van der Waals surface area (Å²) in [6.07, 6.45) is 3.60. The SMILES string of the molecule is CCOC(=O)C1CCN(Cc2ccc(C#N)c(SC)n2)CC1. The van der Waals surface area contributed by atoms with Gasteiger partial charge in [0, 0.05) is 6.54 Å². The standard InChI is InChI=1S/C16H21N3O2S/c1-3-21-16(20)12-6-8-19(9-7-12)11-14-5-4-13(10-17)15(18-14)22-2/h4-5,12H,3,6-9,11H2,1-2H3. The van der Waals surface area contributed by atoms with Crippen molar-refractivity contribution < 1.29 is 9.53 Å². The number of esters is 1. The van der Waals surface area contributed by atoms with Crippen molar-refractivity contribution in [3.8, 4) is 6.07 Å². The summed E-state index contributed by atoms with van der Waals surface area (Å²) in [6, 6.07) is 5.90. The number of rotatable bonds is 5. The second kappa shape index (κ2) is 8.16. The van der Waals surface area contributed by atoms with E-state index in [0.29, 0.717) is 12.2 Å². The van der Waals surface area contributed by atoms with Crippen LogP contribution in [-0.4, -0.2) is 41.8 Å². The lowest BCUT2D eigenvalue weighted by atomic mass is 9.97. The van der Waals surface area contributed by atoms with E-state index < -0.39 is 0 Å². The minimum atomic E-state index is -0.0664. The highest BCUT2D eigenvalue weighted by Crippen LogP contribution is 2.22. The fourth-order valence-corrected chi connectivity index (χ4v) is 3.17. The monoisotopic (exact) mass is 319 g/mol. The van der Waals surface area contributed by atoms with Crippen LogP contribution in [0.4, 0.5) is 0 Å². The van der Waals surface area contributed by atoms with E-state index in [1.54, 1.807) is 0 Å². The average molecular weight is 319 g/mol. The molecule has 22 heavy (non-hydrogen) atoms. The summed E-state index contributed by atoms with van der Waals surface area (Å²) >= 11 is 1.49. The molecule has 0 spiro atoms. The summed E-state index contributed by atoms with van der Waals surface area (Å²) in [6.45, 7) is 4.80. The van der Waals surface area contributed by atoms with E-state index in [-0.39, 0.29) is 11.9 Å². The van der Waals surface area contributed by atoms with Gasteiger partial charge in [0.1, 0.15) is 11.1 Å². The number of aromatic nitrogens is 1. The Labute approximate surface area is 135 Å². The van der Waals surface area contributed by atoms with Crippen LogP contribution < -0.4 is 0 Å². The van der Waals surface area contributed by atoms with Crippen LogP contribution in [0.25, 0.3) is 0 Å². The third-order valence-corrected chi connectivity index (χ3v) is 4.52. The molecule has 0 radical (unpaired) electrons.